The summed E-state index contributed by atoms with van der Waals surface area (Å²) >= 11 is 1.60. The van der Waals surface area contributed by atoms with Gasteiger partial charge in [0.25, 0.3) is 0 Å². The Labute approximate surface area is 151 Å². The van der Waals surface area contributed by atoms with Crippen LogP contribution in [0.4, 0.5) is 0 Å². The molecule has 3 atom stereocenters. The predicted molar refractivity (Wildman–Crippen MR) is 97.8 cm³/mol. The van der Waals surface area contributed by atoms with E-state index in [4.69, 9.17) is 4.74 Å². The SMILES string of the molecule is COc1cc(-c2scnc2C)ccc1[C@H](C)NC(=O)[C@@H]1C[C@@H](O)CN1. The number of carbonyl (C=O) groups excluding carboxylic acids is 1. The highest BCUT2D eigenvalue weighted by molar-refractivity contribution is 7.13. The van der Waals surface area contributed by atoms with Crippen molar-refractivity contribution in [3.63, 3.8) is 0 Å². The average molecular weight is 361 g/mol. The van der Waals surface area contributed by atoms with Crippen LogP contribution >= 0.6 is 11.3 Å². The van der Waals surface area contributed by atoms with E-state index >= 15 is 0 Å². The molecule has 1 aliphatic rings. The van der Waals surface area contributed by atoms with Gasteiger partial charge in [0.05, 0.1) is 41.4 Å². The Hall–Kier alpha value is -1.96. The highest BCUT2D eigenvalue weighted by atomic mass is 32.1. The number of aryl methyl sites for hydroxylation is 1. The summed E-state index contributed by atoms with van der Waals surface area (Å²) in [4.78, 5) is 17.7. The third-order valence-electron chi connectivity index (χ3n) is 4.49. The minimum Gasteiger partial charge on any atom is -0.496 e. The maximum absolute atomic E-state index is 12.3. The third kappa shape index (κ3) is 3.84. The molecule has 1 amide bonds. The van der Waals surface area contributed by atoms with Crippen molar-refractivity contribution in [1.82, 2.24) is 15.6 Å². The smallest absolute Gasteiger partial charge is 0.237 e. The van der Waals surface area contributed by atoms with E-state index in [1.54, 1.807) is 18.4 Å². The first kappa shape index (κ1) is 17.8. The van der Waals surface area contributed by atoms with Crippen LogP contribution in [-0.4, -0.2) is 41.8 Å². The molecule has 0 bridgehead atoms. The van der Waals surface area contributed by atoms with E-state index in [9.17, 15) is 9.90 Å². The van der Waals surface area contributed by atoms with E-state index in [0.717, 1.165) is 27.4 Å². The van der Waals surface area contributed by atoms with Crippen LogP contribution in [0.1, 0.15) is 30.6 Å². The van der Waals surface area contributed by atoms with E-state index in [0.29, 0.717) is 13.0 Å². The number of benzene rings is 1. The highest BCUT2D eigenvalue weighted by Crippen LogP contribution is 2.34. The van der Waals surface area contributed by atoms with Gasteiger partial charge in [0.15, 0.2) is 0 Å². The molecule has 1 saturated heterocycles. The van der Waals surface area contributed by atoms with Crippen molar-refractivity contribution in [2.75, 3.05) is 13.7 Å². The molecule has 0 radical (unpaired) electrons. The summed E-state index contributed by atoms with van der Waals surface area (Å²) in [7, 11) is 1.63. The number of nitrogens with one attached hydrogen (secondary N) is 2. The van der Waals surface area contributed by atoms with Crippen molar-refractivity contribution in [3.05, 3.63) is 35.0 Å². The van der Waals surface area contributed by atoms with Crippen molar-refractivity contribution >= 4 is 17.2 Å². The first-order valence-corrected chi connectivity index (χ1v) is 9.17. The van der Waals surface area contributed by atoms with Crippen LogP contribution in [0.25, 0.3) is 10.4 Å². The molecule has 0 aliphatic carbocycles. The molecule has 1 fully saturated rings. The zero-order valence-corrected chi connectivity index (χ0v) is 15.4. The van der Waals surface area contributed by atoms with Gasteiger partial charge in [0.2, 0.25) is 5.91 Å². The van der Waals surface area contributed by atoms with E-state index in [1.807, 2.05) is 37.6 Å². The Morgan fingerprint density at radius 1 is 1.52 bits per heavy atom. The molecule has 2 aromatic rings. The number of ether oxygens (including phenoxy) is 1. The predicted octanol–water partition coefficient (Wildman–Crippen LogP) is 2.03. The first-order chi connectivity index (χ1) is 12.0. The first-order valence-electron chi connectivity index (χ1n) is 8.29. The second kappa shape index (κ2) is 7.51. The third-order valence-corrected chi connectivity index (χ3v) is 5.47. The summed E-state index contributed by atoms with van der Waals surface area (Å²) in [6.07, 6.45) is -0.0123. The zero-order chi connectivity index (χ0) is 18.0. The number of nitrogens with zero attached hydrogens (tertiary/aromatic N) is 1. The molecule has 1 aromatic carbocycles. The number of β-amino-alcohol motifs (C(OH)–C–C–N with tert-alkyl or cyclic N) is 1. The Kier molecular flexibility index (Phi) is 5.36. The fourth-order valence-corrected chi connectivity index (χ4v) is 3.90. The number of hydrogen-bond acceptors (Lipinski definition) is 6. The van der Waals surface area contributed by atoms with Crippen LogP contribution in [0, 0.1) is 6.92 Å². The summed E-state index contributed by atoms with van der Waals surface area (Å²) in [5, 5.41) is 15.6. The molecule has 2 heterocycles. The van der Waals surface area contributed by atoms with Crippen LogP contribution < -0.4 is 15.4 Å². The Morgan fingerprint density at radius 2 is 2.32 bits per heavy atom. The molecule has 134 valence electrons. The lowest BCUT2D eigenvalue weighted by Gasteiger charge is -2.20. The number of thiazole rings is 1. The summed E-state index contributed by atoms with van der Waals surface area (Å²) in [6.45, 7) is 4.37. The molecule has 7 heteroatoms. The van der Waals surface area contributed by atoms with Gasteiger partial charge in [-0.2, -0.15) is 0 Å². The van der Waals surface area contributed by atoms with Crippen LogP contribution in [0.5, 0.6) is 5.75 Å². The maximum atomic E-state index is 12.3. The Balaban J connectivity index is 1.77. The lowest BCUT2D eigenvalue weighted by atomic mass is 10.0. The van der Waals surface area contributed by atoms with Gasteiger partial charge in [0, 0.05) is 12.1 Å². The normalized spacial score (nSPS) is 21.1. The second-order valence-electron chi connectivity index (χ2n) is 6.30. The minimum atomic E-state index is -0.456. The minimum absolute atomic E-state index is 0.103. The number of amides is 1. The van der Waals surface area contributed by atoms with Crippen molar-refractivity contribution in [2.45, 2.75) is 38.5 Å². The lowest BCUT2D eigenvalue weighted by molar-refractivity contribution is -0.123. The largest absolute Gasteiger partial charge is 0.496 e. The maximum Gasteiger partial charge on any atom is 0.237 e. The number of aliphatic hydroxyl groups excluding tert-OH is 1. The number of aliphatic hydroxyl groups is 1. The van der Waals surface area contributed by atoms with E-state index in [1.165, 1.54) is 0 Å². The van der Waals surface area contributed by atoms with Gasteiger partial charge >= 0.3 is 0 Å². The highest BCUT2D eigenvalue weighted by Gasteiger charge is 2.29. The zero-order valence-electron chi connectivity index (χ0n) is 14.6. The molecule has 0 spiro atoms. The van der Waals surface area contributed by atoms with Crippen molar-refractivity contribution < 1.29 is 14.6 Å². The second-order valence-corrected chi connectivity index (χ2v) is 7.16. The Bertz CT molecular complexity index is 762. The molecule has 1 aromatic heterocycles. The van der Waals surface area contributed by atoms with E-state index < -0.39 is 6.10 Å². The number of carbonyl (C=O) groups is 1. The molecule has 6 nitrogen and oxygen atoms in total. The number of aromatic nitrogens is 1. The van der Waals surface area contributed by atoms with Gasteiger partial charge in [0.1, 0.15) is 5.75 Å². The van der Waals surface area contributed by atoms with E-state index in [-0.39, 0.29) is 18.0 Å². The number of hydrogen-bond donors (Lipinski definition) is 3. The molecule has 25 heavy (non-hydrogen) atoms. The van der Waals surface area contributed by atoms with Crippen LogP contribution in [0.2, 0.25) is 0 Å². The lowest BCUT2D eigenvalue weighted by Crippen LogP contribution is -2.41. The summed E-state index contributed by atoms with van der Waals surface area (Å²) in [6, 6.07) is 5.45. The molecular weight excluding hydrogens is 338 g/mol. The fraction of sp³-hybridized carbons (Fsp3) is 0.444. The molecule has 3 N–H and O–H groups in total. The molecule has 3 rings (SSSR count). The van der Waals surface area contributed by atoms with Crippen molar-refractivity contribution in [1.29, 1.82) is 0 Å². The Morgan fingerprint density at radius 3 is 2.92 bits per heavy atom. The van der Waals surface area contributed by atoms with Crippen molar-refractivity contribution in [3.8, 4) is 16.2 Å². The van der Waals surface area contributed by atoms with Crippen molar-refractivity contribution in [2.24, 2.45) is 0 Å². The van der Waals surface area contributed by atoms with Gasteiger partial charge in [-0.25, -0.2) is 4.98 Å². The van der Waals surface area contributed by atoms with Gasteiger partial charge in [-0.05, 0) is 31.9 Å². The summed E-state index contributed by atoms with van der Waals surface area (Å²) < 4.78 is 5.55. The van der Waals surface area contributed by atoms with Crippen LogP contribution in [0.15, 0.2) is 23.7 Å². The standard InChI is InChI=1S/C18H23N3O3S/c1-10(21-18(23)15-7-13(22)8-19-15)14-5-4-12(6-16(14)24-3)17-11(2)20-9-25-17/h4-6,9-10,13,15,19,22H,7-8H2,1-3H3,(H,21,23)/t10-,13+,15-/m0/s1. The molecule has 0 saturated carbocycles. The fourth-order valence-electron chi connectivity index (χ4n) is 3.10. The summed E-state index contributed by atoms with van der Waals surface area (Å²) in [5.41, 5.74) is 4.80. The van der Waals surface area contributed by atoms with Gasteiger partial charge in [-0.1, -0.05) is 12.1 Å². The quantitative estimate of drug-likeness (QED) is 0.759. The van der Waals surface area contributed by atoms with Gasteiger partial charge < -0.3 is 20.5 Å². The monoisotopic (exact) mass is 361 g/mol. The number of methoxy groups -OCH3 is 1. The number of rotatable bonds is 5. The van der Waals surface area contributed by atoms with Gasteiger partial charge in [-0.15, -0.1) is 11.3 Å². The topological polar surface area (TPSA) is 83.5 Å². The van der Waals surface area contributed by atoms with Crippen LogP contribution in [-0.2, 0) is 4.79 Å². The molecular formula is C18H23N3O3S. The van der Waals surface area contributed by atoms with E-state index in [2.05, 4.69) is 15.6 Å². The van der Waals surface area contributed by atoms with Gasteiger partial charge in [-0.3, -0.25) is 4.79 Å². The van der Waals surface area contributed by atoms with Crippen LogP contribution in [0.3, 0.4) is 0 Å². The average Bonchev–Trinajstić information content (AvgIpc) is 3.22. The molecule has 1 aliphatic heterocycles. The summed E-state index contributed by atoms with van der Waals surface area (Å²) in [5.74, 6) is 0.631. The molecule has 0 unspecified atom stereocenters.